The molecule has 1 aliphatic heterocycles. The molecule has 138 valence electrons. The Hall–Kier alpha value is -2.06. The van der Waals surface area contributed by atoms with Crippen LogP contribution >= 0.6 is 7.82 Å². The van der Waals surface area contributed by atoms with Gasteiger partial charge < -0.3 is 36.2 Å². The maximum atomic E-state index is 11.8. The minimum atomic E-state index is -4.80. The number of phosphoric ester groups is 1. The van der Waals surface area contributed by atoms with E-state index >= 15 is 0 Å². The molecule has 0 saturated carbocycles. The van der Waals surface area contributed by atoms with Gasteiger partial charge in [-0.1, -0.05) is 0 Å². The summed E-state index contributed by atoms with van der Waals surface area (Å²) >= 11 is 0. The van der Waals surface area contributed by atoms with Gasteiger partial charge in [-0.05, 0) is 0 Å². The summed E-state index contributed by atoms with van der Waals surface area (Å²) in [5.41, 5.74) is 10.3. The average Bonchev–Trinajstić information content (AvgIpc) is 2.95. The second-order valence-corrected chi connectivity index (χ2v) is 6.54. The molecular weight excluding hydrogens is 363 g/mol. The van der Waals surface area contributed by atoms with Crippen molar-refractivity contribution in [1.29, 1.82) is 0 Å². The van der Waals surface area contributed by atoms with Gasteiger partial charge in [-0.2, -0.15) is 4.98 Å². The minimum Gasteiger partial charge on any atom is -0.387 e. The van der Waals surface area contributed by atoms with Crippen molar-refractivity contribution in [2.24, 2.45) is 0 Å². The van der Waals surface area contributed by atoms with Crippen LogP contribution in [0.2, 0.25) is 0 Å². The van der Waals surface area contributed by atoms with Crippen molar-refractivity contribution in [3.63, 3.8) is 0 Å². The molecule has 0 aliphatic carbocycles. The lowest BCUT2D eigenvalue weighted by atomic mass is 10.1. The smallest absolute Gasteiger partial charge is 0.387 e. The molecular formula is C10H15N6O8P. The highest BCUT2D eigenvalue weighted by molar-refractivity contribution is 7.46. The topological polar surface area (TPSA) is 232 Å². The number of H-pyrrole nitrogens is 1. The standard InChI is InChI=1S/C10H15N6O8P/c11-9-14-6-3(7(19)15-9)13-10(12)16(6)8-5(18)4(17)2(24-8)1-23-25(20,21)22/h2,4-5,8,17-18H,1H2,(H2,12,13)(H2,20,21,22)(H3,11,14,15,19)/t2-,4-,5-,8-/m1/s1. The molecule has 25 heavy (non-hydrogen) atoms. The Bertz CT molecular complexity index is 907. The van der Waals surface area contributed by atoms with Crippen molar-refractivity contribution < 1.29 is 33.8 Å². The molecule has 1 fully saturated rings. The molecule has 2 aromatic heterocycles. The van der Waals surface area contributed by atoms with Gasteiger partial charge in [0.25, 0.3) is 5.56 Å². The fourth-order valence-corrected chi connectivity index (χ4v) is 2.86. The molecule has 0 amide bonds. The molecule has 14 nitrogen and oxygen atoms in total. The molecule has 9 N–H and O–H groups in total. The largest absolute Gasteiger partial charge is 0.469 e. The fraction of sp³-hybridized carbons (Fsp3) is 0.500. The van der Waals surface area contributed by atoms with E-state index in [4.69, 9.17) is 26.0 Å². The van der Waals surface area contributed by atoms with Crippen molar-refractivity contribution >= 4 is 30.9 Å². The van der Waals surface area contributed by atoms with Gasteiger partial charge in [0.15, 0.2) is 17.4 Å². The van der Waals surface area contributed by atoms with Crippen LogP contribution in [-0.4, -0.2) is 64.4 Å². The fourth-order valence-electron chi connectivity index (χ4n) is 2.52. The number of nitrogens with two attached hydrogens (primary N) is 2. The minimum absolute atomic E-state index is 0.0912. The lowest BCUT2D eigenvalue weighted by molar-refractivity contribution is -0.0493. The highest BCUT2D eigenvalue weighted by Crippen LogP contribution is 2.39. The van der Waals surface area contributed by atoms with Crippen LogP contribution in [0.3, 0.4) is 0 Å². The van der Waals surface area contributed by atoms with Crippen LogP contribution in [0.15, 0.2) is 4.79 Å². The summed E-state index contributed by atoms with van der Waals surface area (Å²) in [7, 11) is -4.80. The Kier molecular flexibility index (Phi) is 4.28. The summed E-state index contributed by atoms with van der Waals surface area (Å²) in [6, 6.07) is 0. The van der Waals surface area contributed by atoms with Gasteiger partial charge in [0, 0.05) is 0 Å². The number of aliphatic hydroxyl groups excluding tert-OH is 2. The number of imidazole rings is 1. The van der Waals surface area contributed by atoms with Crippen LogP contribution in [0.5, 0.6) is 0 Å². The van der Waals surface area contributed by atoms with Gasteiger partial charge in [-0.25, -0.2) is 9.55 Å². The van der Waals surface area contributed by atoms with Crippen molar-refractivity contribution in [2.45, 2.75) is 24.5 Å². The monoisotopic (exact) mass is 378 g/mol. The summed E-state index contributed by atoms with van der Waals surface area (Å²) in [5, 5.41) is 20.2. The highest BCUT2D eigenvalue weighted by atomic mass is 31.2. The molecule has 15 heteroatoms. The SMILES string of the molecule is Nc1nc2c(nc(N)n2[C@@H]2O[C@H](COP(=O)(O)O)[C@@H](O)[C@H]2O)c(=O)[nH]1. The number of nitrogen functional groups attached to an aromatic ring is 2. The summed E-state index contributed by atoms with van der Waals surface area (Å²) in [5.74, 6) is -0.473. The first-order chi connectivity index (χ1) is 11.6. The number of hydrogen-bond acceptors (Lipinski definition) is 10. The Morgan fingerprint density at radius 3 is 2.60 bits per heavy atom. The maximum absolute atomic E-state index is 11.8. The predicted molar refractivity (Wildman–Crippen MR) is 80.9 cm³/mol. The number of aromatic amines is 1. The van der Waals surface area contributed by atoms with Crippen LogP contribution in [0.1, 0.15) is 6.23 Å². The van der Waals surface area contributed by atoms with Crippen molar-refractivity contribution in [3.8, 4) is 0 Å². The Labute approximate surface area is 138 Å². The van der Waals surface area contributed by atoms with Crippen LogP contribution in [-0.2, 0) is 13.8 Å². The number of phosphoric acid groups is 1. The van der Waals surface area contributed by atoms with Crippen LogP contribution in [0.25, 0.3) is 11.2 Å². The van der Waals surface area contributed by atoms with E-state index in [-0.39, 0.29) is 23.1 Å². The summed E-state index contributed by atoms with van der Waals surface area (Å²) in [4.78, 5) is 39.2. The molecule has 0 spiro atoms. The number of anilines is 2. The van der Waals surface area contributed by atoms with E-state index in [1.807, 2.05) is 0 Å². The molecule has 0 unspecified atom stereocenters. The molecule has 4 atom stereocenters. The van der Waals surface area contributed by atoms with E-state index in [9.17, 15) is 19.6 Å². The van der Waals surface area contributed by atoms with E-state index in [0.717, 1.165) is 4.57 Å². The van der Waals surface area contributed by atoms with E-state index in [1.54, 1.807) is 0 Å². The highest BCUT2D eigenvalue weighted by Gasteiger charge is 2.46. The molecule has 1 saturated heterocycles. The van der Waals surface area contributed by atoms with E-state index < -0.39 is 44.5 Å². The van der Waals surface area contributed by atoms with Crippen LogP contribution < -0.4 is 17.0 Å². The lowest BCUT2D eigenvalue weighted by Gasteiger charge is -2.17. The normalized spacial score (nSPS) is 27.2. The quantitative estimate of drug-likeness (QED) is 0.264. The Balaban J connectivity index is 1.97. The zero-order chi connectivity index (χ0) is 18.5. The van der Waals surface area contributed by atoms with Crippen molar-refractivity contribution in [2.75, 3.05) is 18.1 Å². The number of nitrogens with one attached hydrogen (secondary N) is 1. The molecule has 3 heterocycles. The van der Waals surface area contributed by atoms with Gasteiger partial charge >= 0.3 is 7.82 Å². The van der Waals surface area contributed by atoms with Gasteiger partial charge in [-0.15, -0.1) is 0 Å². The van der Waals surface area contributed by atoms with Crippen molar-refractivity contribution in [1.82, 2.24) is 19.5 Å². The number of aliphatic hydroxyl groups is 2. The molecule has 0 radical (unpaired) electrons. The second-order valence-electron chi connectivity index (χ2n) is 5.30. The zero-order valence-corrected chi connectivity index (χ0v) is 13.3. The first-order valence-corrected chi connectivity index (χ1v) is 8.36. The molecule has 0 aromatic carbocycles. The van der Waals surface area contributed by atoms with Gasteiger partial charge in [-0.3, -0.25) is 18.9 Å². The third-order valence-corrected chi connectivity index (χ3v) is 4.08. The Morgan fingerprint density at radius 1 is 1.28 bits per heavy atom. The third-order valence-electron chi connectivity index (χ3n) is 3.59. The van der Waals surface area contributed by atoms with Crippen LogP contribution in [0.4, 0.5) is 11.9 Å². The predicted octanol–water partition coefficient (Wildman–Crippen LogP) is -2.99. The number of hydrogen-bond donors (Lipinski definition) is 7. The Morgan fingerprint density at radius 2 is 1.96 bits per heavy atom. The first-order valence-electron chi connectivity index (χ1n) is 6.83. The molecule has 3 rings (SSSR count). The maximum Gasteiger partial charge on any atom is 0.469 e. The van der Waals surface area contributed by atoms with E-state index in [0.29, 0.717) is 0 Å². The van der Waals surface area contributed by atoms with Crippen molar-refractivity contribution in [3.05, 3.63) is 10.4 Å². The average molecular weight is 378 g/mol. The van der Waals surface area contributed by atoms with Gasteiger partial charge in [0.2, 0.25) is 11.9 Å². The van der Waals surface area contributed by atoms with Crippen LogP contribution in [0, 0.1) is 0 Å². The first kappa shape index (κ1) is 17.8. The lowest BCUT2D eigenvalue weighted by Crippen LogP contribution is -2.33. The zero-order valence-electron chi connectivity index (χ0n) is 12.4. The van der Waals surface area contributed by atoms with Gasteiger partial charge in [0.1, 0.15) is 18.3 Å². The van der Waals surface area contributed by atoms with E-state index in [2.05, 4.69) is 19.5 Å². The molecule has 2 aromatic rings. The number of nitrogens with zero attached hydrogens (tertiary/aromatic N) is 3. The van der Waals surface area contributed by atoms with Gasteiger partial charge in [0.05, 0.1) is 6.61 Å². The number of rotatable bonds is 4. The third kappa shape index (κ3) is 3.23. The molecule has 1 aliphatic rings. The number of fused-ring (bicyclic) bond motifs is 1. The van der Waals surface area contributed by atoms with E-state index in [1.165, 1.54) is 0 Å². The summed E-state index contributed by atoms with van der Waals surface area (Å²) < 4.78 is 21.5. The second kappa shape index (κ2) is 6.03. The molecule has 0 bridgehead atoms. The summed E-state index contributed by atoms with van der Waals surface area (Å²) in [6.07, 6.45) is -5.72. The summed E-state index contributed by atoms with van der Waals surface area (Å²) in [6.45, 7) is -0.693. The number of aromatic nitrogens is 4. The number of ether oxygens (including phenoxy) is 1.